The fourth-order valence-corrected chi connectivity index (χ4v) is 2.13. The standard InChI is InChI=1S/C15H14ClFN2O/c1-9-7-11(17)4-5-12(9)15(20)19(2)14-8-10(16)3-6-13(14)18/h3-8H,18H2,1-2H3. The van der Waals surface area contributed by atoms with Gasteiger partial charge in [0.05, 0.1) is 11.4 Å². The van der Waals surface area contributed by atoms with Gasteiger partial charge in [0.25, 0.3) is 5.91 Å². The first-order chi connectivity index (χ1) is 9.40. The van der Waals surface area contributed by atoms with Crippen LogP contribution in [0.2, 0.25) is 5.02 Å². The molecule has 0 aliphatic heterocycles. The van der Waals surface area contributed by atoms with Crippen LogP contribution in [0.3, 0.4) is 0 Å². The van der Waals surface area contributed by atoms with Crippen LogP contribution in [0.5, 0.6) is 0 Å². The van der Waals surface area contributed by atoms with Crippen LogP contribution in [-0.4, -0.2) is 13.0 Å². The van der Waals surface area contributed by atoms with Crippen LogP contribution >= 0.6 is 11.6 Å². The number of nitrogens with zero attached hydrogens (tertiary/aromatic N) is 1. The van der Waals surface area contributed by atoms with E-state index in [1.807, 2.05) is 0 Å². The summed E-state index contributed by atoms with van der Waals surface area (Å²) >= 11 is 5.92. The highest BCUT2D eigenvalue weighted by atomic mass is 35.5. The summed E-state index contributed by atoms with van der Waals surface area (Å²) in [6.07, 6.45) is 0. The molecule has 0 unspecified atom stereocenters. The van der Waals surface area contributed by atoms with Crippen molar-refractivity contribution in [1.82, 2.24) is 0 Å². The minimum Gasteiger partial charge on any atom is -0.397 e. The SMILES string of the molecule is Cc1cc(F)ccc1C(=O)N(C)c1cc(Cl)ccc1N. The predicted octanol–water partition coefficient (Wildman–Crippen LogP) is 3.65. The molecule has 2 N–H and O–H groups in total. The molecule has 0 radical (unpaired) electrons. The number of halogens is 2. The van der Waals surface area contributed by atoms with Gasteiger partial charge in [-0.05, 0) is 48.9 Å². The third kappa shape index (κ3) is 2.75. The number of carbonyl (C=O) groups is 1. The second kappa shape index (κ2) is 5.51. The Labute approximate surface area is 121 Å². The Morgan fingerprint density at radius 2 is 1.95 bits per heavy atom. The first-order valence-corrected chi connectivity index (χ1v) is 6.37. The largest absolute Gasteiger partial charge is 0.397 e. The zero-order chi connectivity index (χ0) is 14.9. The number of aryl methyl sites for hydroxylation is 1. The van der Waals surface area contributed by atoms with Gasteiger partial charge in [0.2, 0.25) is 0 Å². The van der Waals surface area contributed by atoms with Crippen molar-refractivity contribution in [3.8, 4) is 0 Å². The minimum atomic E-state index is -0.371. The van der Waals surface area contributed by atoms with Gasteiger partial charge in [-0.3, -0.25) is 4.79 Å². The lowest BCUT2D eigenvalue weighted by Crippen LogP contribution is -2.27. The van der Waals surface area contributed by atoms with Crippen LogP contribution in [0.15, 0.2) is 36.4 Å². The summed E-state index contributed by atoms with van der Waals surface area (Å²) in [6.45, 7) is 1.69. The van der Waals surface area contributed by atoms with Crippen molar-refractivity contribution < 1.29 is 9.18 Å². The topological polar surface area (TPSA) is 46.3 Å². The molecule has 1 amide bonds. The Kier molecular flexibility index (Phi) is 3.95. The average Bonchev–Trinajstić information content (AvgIpc) is 2.40. The Hall–Kier alpha value is -2.07. The van der Waals surface area contributed by atoms with E-state index < -0.39 is 0 Å². The van der Waals surface area contributed by atoms with Gasteiger partial charge in [-0.15, -0.1) is 0 Å². The molecular weight excluding hydrogens is 279 g/mol. The van der Waals surface area contributed by atoms with Crippen LogP contribution in [0.4, 0.5) is 15.8 Å². The molecule has 0 atom stereocenters. The smallest absolute Gasteiger partial charge is 0.258 e. The quantitative estimate of drug-likeness (QED) is 0.859. The molecule has 0 aliphatic carbocycles. The molecule has 0 fully saturated rings. The van der Waals surface area contributed by atoms with Crippen molar-refractivity contribution >= 4 is 28.9 Å². The number of amides is 1. The summed E-state index contributed by atoms with van der Waals surface area (Å²) in [4.78, 5) is 13.8. The lowest BCUT2D eigenvalue weighted by atomic mass is 10.1. The molecule has 20 heavy (non-hydrogen) atoms. The summed E-state index contributed by atoms with van der Waals surface area (Å²) in [5.74, 6) is -0.638. The van der Waals surface area contributed by atoms with Gasteiger partial charge in [-0.25, -0.2) is 4.39 Å². The predicted molar refractivity (Wildman–Crippen MR) is 79.7 cm³/mol. The first kappa shape index (κ1) is 14.3. The van der Waals surface area contributed by atoms with E-state index in [0.29, 0.717) is 27.5 Å². The second-order valence-corrected chi connectivity index (χ2v) is 4.96. The number of hydrogen-bond acceptors (Lipinski definition) is 2. The normalized spacial score (nSPS) is 10.4. The van der Waals surface area contributed by atoms with Crippen molar-refractivity contribution in [3.63, 3.8) is 0 Å². The lowest BCUT2D eigenvalue weighted by Gasteiger charge is -2.20. The maximum atomic E-state index is 13.1. The molecule has 104 valence electrons. The zero-order valence-electron chi connectivity index (χ0n) is 11.2. The third-order valence-electron chi connectivity index (χ3n) is 3.08. The molecular formula is C15H14ClFN2O. The zero-order valence-corrected chi connectivity index (χ0v) is 11.9. The van der Waals surface area contributed by atoms with Gasteiger partial charge >= 0.3 is 0 Å². The van der Waals surface area contributed by atoms with Gasteiger partial charge in [-0.2, -0.15) is 0 Å². The van der Waals surface area contributed by atoms with Crippen LogP contribution < -0.4 is 10.6 Å². The number of nitrogens with two attached hydrogens (primary N) is 1. The van der Waals surface area contributed by atoms with E-state index in [2.05, 4.69) is 0 Å². The fourth-order valence-electron chi connectivity index (χ4n) is 1.96. The van der Waals surface area contributed by atoms with E-state index in [1.165, 1.54) is 23.1 Å². The van der Waals surface area contributed by atoms with Crippen molar-refractivity contribution in [2.45, 2.75) is 6.92 Å². The highest BCUT2D eigenvalue weighted by molar-refractivity contribution is 6.31. The third-order valence-corrected chi connectivity index (χ3v) is 3.31. The maximum Gasteiger partial charge on any atom is 0.258 e. The molecule has 0 spiro atoms. The molecule has 3 nitrogen and oxygen atoms in total. The van der Waals surface area contributed by atoms with Crippen molar-refractivity contribution in [2.75, 3.05) is 17.7 Å². The summed E-state index contributed by atoms with van der Waals surface area (Å²) < 4.78 is 13.1. The monoisotopic (exact) mass is 292 g/mol. The lowest BCUT2D eigenvalue weighted by molar-refractivity contribution is 0.0992. The molecule has 0 aliphatic rings. The molecule has 0 bridgehead atoms. The van der Waals surface area contributed by atoms with Gasteiger partial charge in [-0.1, -0.05) is 11.6 Å². The van der Waals surface area contributed by atoms with Crippen molar-refractivity contribution in [3.05, 3.63) is 58.4 Å². The van der Waals surface area contributed by atoms with Gasteiger partial charge in [0.15, 0.2) is 0 Å². The van der Waals surface area contributed by atoms with Crippen LogP contribution in [0, 0.1) is 12.7 Å². The molecule has 2 rings (SSSR count). The molecule has 0 aromatic heterocycles. The Balaban J connectivity index is 2.40. The van der Waals surface area contributed by atoms with Gasteiger partial charge < -0.3 is 10.6 Å². The van der Waals surface area contributed by atoms with E-state index in [9.17, 15) is 9.18 Å². The Morgan fingerprint density at radius 3 is 2.60 bits per heavy atom. The second-order valence-electron chi connectivity index (χ2n) is 4.53. The summed E-state index contributed by atoms with van der Waals surface area (Å²) in [6, 6.07) is 8.95. The number of hydrogen-bond donors (Lipinski definition) is 1. The Bertz CT molecular complexity index is 673. The van der Waals surface area contributed by atoms with E-state index in [1.54, 1.807) is 32.2 Å². The summed E-state index contributed by atoms with van der Waals surface area (Å²) in [5, 5.41) is 0.490. The number of nitrogen functional groups attached to an aromatic ring is 1. The van der Waals surface area contributed by atoms with Crippen LogP contribution in [0.25, 0.3) is 0 Å². The average molecular weight is 293 g/mol. The number of benzene rings is 2. The van der Waals surface area contributed by atoms with Crippen molar-refractivity contribution in [1.29, 1.82) is 0 Å². The van der Waals surface area contributed by atoms with E-state index in [0.717, 1.165) is 0 Å². The molecule has 2 aromatic rings. The van der Waals surface area contributed by atoms with Gasteiger partial charge in [0.1, 0.15) is 5.82 Å². The fraction of sp³-hybridized carbons (Fsp3) is 0.133. The summed E-state index contributed by atoms with van der Waals surface area (Å²) in [7, 11) is 1.60. The molecule has 0 saturated carbocycles. The minimum absolute atomic E-state index is 0.267. The highest BCUT2D eigenvalue weighted by Gasteiger charge is 2.18. The molecule has 0 saturated heterocycles. The van der Waals surface area contributed by atoms with E-state index in [-0.39, 0.29) is 11.7 Å². The first-order valence-electron chi connectivity index (χ1n) is 5.99. The highest BCUT2D eigenvalue weighted by Crippen LogP contribution is 2.27. The van der Waals surface area contributed by atoms with Crippen LogP contribution in [0.1, 0.15) is 15.9 Å². The Morgan fingerprint density at radius 1 is 1.25 bits per heavy atom. The van der Waals surface area contributed by atoms with E-state index in [4.69, 9.17) is 17.3 Å². The number of carbonyl (C=O) groups excluding carboxylic acids is 1. The molecule has 2 aromatic carbocycles. The van der Waals surface area contributed by atoms with Crippen LogP contribution in [-0.2, 0) is 0 Å². The molecule has 5 heteroatoms. The number of rotatable bonds is 2. The van der Waals surface area contributed by atoms with E-state index >= 15 is 0 Å². The summed E-state index contributed by atoms with van der Waals surface area (Å²) in [5.41, 5.74) is 7.82. The van der Waals surface area contributed by atoms with Gasteiger partial charge in [0, 0.05) is 17.6 Å². The maximum absolute atomic E-state index is 13.1. The number of anilines is 2. The van der Waals surface area contributed by atoms with Crippen molar-refractivity contribution in [2.24, 2.45) is 0 Å². The molecule has 0 heterocycles.